The molecule has 1 aliphatic rings. The molecular weight excluding hydrogens is 224 g/mol. The van der Waals surface area contributed by atoms with Gasteiger partial charge in [-0.3, -0.25) is 0 Å². The summed E-state index contributed by atoms with van der Waals surface area (Å²) in [7, 11) is 3.93. The molecule has 0 radical (unpaired) electrons. The number of nitrogens with zero attached hydrogens (tertiary/aromatic N) is 3. The van der Waals surface area contributed by atoms with Crippen LogP contribution in [0, 0.1) is 0 Å². The molecule has 1 aromatic rings. The second-order valence-electron chi connectivity index (χ2n) is 4.20. The molecule has 16 heavy (non-hydrogen) atoms. The number of hydrogen-bond acceptors (Lipinski definition) is 4. The molecule has 0 fully saturated rings. The number of halogens is 1. The molecule has 1 aliphatic carbocycles. The summed E-state index contributed by atoms with van der Waals surface area (Å²) in [6.45, 7) is 0.520. The van der Waals surface area contributed by atoms with Gasteiger partial charge in [0.1, 0.15) is 0 Å². The molecule has 0 atom stereocenters. The van der Waals surface area contributed by atoms with Crippen LogP contribution in [0.2, 0.25) is 0 Å². The molecule has 0 aliphatic heterocycles. The van der Waals surface area contributed by atoms with Crippen LogP contribution in [0.5, 0.6) is 0 Å². The van der Waals surface area contributed by atoms with Crippen molar-refractivity contribution in [1.82, 2.24) is 9.97 Å². The highest BCUT2D eigenvalue weighted by Crippen LogP contribution is 2.23. The highest BCUT2D eigenvalue weighted by Gasteiger charge is 2.17. The first kappa shape index (κ1) is 13.2. The third-order valence-electron chi connectivity index (χ3n) is 2.85. The SMILES string of the molecule is CN(C)c1nc(CN)c2c(n1)CCCC2.Cl. The van der Waals surface area contributed by atoms with E-state index in [9.17, 15) is 0 Å². The molecule has 4 nitrogen and oxygen atoms in total. The van der Waals surface area contributed by atoms with E-state index in [1.807, 2.05) is 19.0 Å². The fourth-order valence-corrected chi connectivity index (χ4v) is 2.03. The van der Waals surface area contributed by atoms with E-state index in [1.54, 1.807) is 0 Å². The second kappa shape index (κ2) is 5.46. The highest BCUT2D eigenvalue weighted by molar-refractivity contribution is 5.85. The van der Waals surface area contributed by atoms with E-state index in [2.05, 4.69) is 9.97 Å². The van der Waals surface area contributed by atoms with E-state index in [0.717, 1.165) is 24.5 Å². The van der Waals surface area contributed by atoms with E-state index in [-0.39, 0.29) is 12.4 Å². The second-order valence-corrected chi connectivity index (χ2v) is 4.20. The van der Waals surface area contributed by atoms with Gasteiger partial charge in [0.2, 0.25) is 5.95 Å². The van der Waals surface area contributed by atoms with Crippen LogP contribution in [-0.4, -0.2) is 24.1 Å². The fraction of sp³-hybridized carbons (Fsp3) is 0.636. The Hall–Kier alpha value is -0.870. The fourth-order valence-electron chi connectivity index (χ4n) is 2.03. The summed E-state index contributed by atoms with van der Waals surface area (Å²) in [5, 5.41) is 0. The van der Waals surface area contributed by atoms with Crippen LogP contribution >= 0.6 is 12.4 Å². The van der Waals surface area contributed by atoms with Crippen molar-refractivity contribution in [3.05, 3.63) is 17.0 Å². The van der Waals surface area contributed by atoms with Crippen LogP contribution in [0.15, 0.2) is 0 Å². The summed E-state index contributed by atoms with van der Waals surface area (Å²) in [6, 6.07) is 0. The van der Waals surface area contributed by atoms with Crippen LogP contribution in [0.25, 0.3) is 0 Å². The van der Waals surface area contributed by atoms with E-state index in [0.29, 0.717) is 6.54 Å². The first-order valence-electron chi connectivity index (χ1n) is 5.48. The summed E-state index contributed by atoms with van der Waals surface area (Å²) in [6.07, 6.45) is 4.65. The molecule has 0 spiro atoms. The van der Waals surface area contributed by atoms with Gasteiger partial charge in [-0.2, -0.15) is 0 Å². The van der Waals surface area contributed by atoms with Crippen LogP contribution in [0.3, 0.4) is 0 Å². The normalized spacial score (nSPS) is 13.9. The van der Waals surface area contributed by atoms with Crippen LogP contribution < -0.4 is 10.6 Å². The zero-order chi connectivity index (χ0) is 10.8. The quantitative estimate of drug-likeness (QED) is 0.850. The maximum atomic E-state index is 5.73. The summed E-state index contributed by atoms with van der Waals surface area (Å²) >= 11 is 0. The molecule has 1 heterocycles. The summed E-state index contributed by atoms with van der Waals surface area (Å²) in [4.78, 5) is 11.0. The largest absolute Gasteiger partial charge is 0.347 e. The monoisotopic (exact) mass is 242 g/mol. The van der Waals surface area contributed by atoms with E-state index in [1.165, 1.54) is 24.1 Å². The summed E-state index contributed by atoms with van der Waals surface area (Å²) in [5.41, 5.74) is 9.27. The van der Waals surface area contributed by atoms with Gasteiger partial charge in [0.25, 0.3) is 0 Å². The number of fused-ring (bicyclic) bond motifs is 1. The van der Waals surface area contributed by atoms with Crippen molar-refractivity contribution in [2.24, 2.45) is 5.73 Å². The van der Waals surface area contributed by atoms with Crippen molar-refractivity contribution in [2.45, 2.75) is 32.2 Å². The number of rotatable bonds is 2. The Balaban J connectivity index is 0.00000128. The van der Waals surface area contributed by atoms with E-state index >= 15 is 0 Å². The number of anilines is 1. The third-order valence-corrected chi connectivity index (χ3v) is 2.85. The lowest BCUT2D eigenvalue weighted by Gasteiger charge is -2.20. The summed E-state index contributed by atoms with van der Waals surface area (Å²) < 4.78 is 0. The van der Waals surface area contributed by atoms with Gasteiger partial charge in [-0.1, -0.05) is 0 Å². The molecular formula is C11H19ClN4. The predicted octanol–water partition coefficient (Wildman–Crippen LogP) is 1.30. The summed E-state index contributed by atoms with van der Waals surface area (Å²) in [5.74, 6) is 0.788. The Labute approximate surface area is 103 Å². The third kappa shape index (κ3) is 2.44. The number of hydrogen-bond donors (Lipinski definition) is 1. The molecule has 0 saturated heterocycles. The van der Waals surface area contributed by atoms with Crippen molar-refractivity contribution in [3.8, 4) is 0 Å². The number of nitrogens with two attached hydrogens (primary N) is 1. The molecule has 0 aromatic carbocycles. The first-order valence-corrected chi connectivity index (χ1v) is 5.48. The van der Waals surface area contributed by atoms with E-state index in [4.69, 9.17) is 5.73 Å². The van der Waals surface area contributed by atoms with E-state index < -0.39 is 0 Å². The highest BCUT2D eigenvalue weighted by atomic mass is 35.5. The van der Waals surface area contributed by atoms with Crippen LogP contribution in [0.4, 0.5) is 5.95 Å². The Morgan fingerprint density at radius 3 is 2.50 bits per heavy atom. The Morgan fingerprint density at radius 1 is 1.19 bits per heavy atom. The molecule has 0 saturated carbocycles. The lowest BCUT2D eigenvalue weighted by atomic mass is 9.95. The van der Waals surface area contributed by atoms with Crippen LogP contribution in [-0.2, 0) is 19.4 Å². The number of aryl methyl sites for hydroxylation is 1. The molecule has 90 valence electrons. The van der Waals surface area contributed by atoms with Gasteiger partial charge in [0.15, 0.2) is 0 Å². The molecule has 1 aromatic heterocycles. The average Bonchev–Trinajstić information content (AvgIpc) is 2.27. The van der Waals surface area contributed by atoms with Crippen molar-refractivity contribution in [3.63, 3.8) is 0 Å². The maximum absolute atomic E-state index is 5.73. The number of aromatic nitrogens is 2. The van der Waals surface area contributed by atoms with Gasteiger partial charge in [0, 0.05) is 26.3 Å². The zero-order valence-electron chi connectivity index (χ0n) is 9.86. The first-order chi connectivity index (χ1) is 7.22. The maximum Gasteiger partial charge on any atom is 0.225 e. The lowest BCUT2D eigenvalue weighted by molar-refractivity contribution is 0.649. The van der Waals surface area contributed by atoms with Gasteiger partial charge in [-0.05, 0) is 31.2 Å². The predicted molar refractivity (Wildman–Crippen MR) is 68.1 cm³/mol. The lowest BCUT2D eigenvalue weighted by Crippen LogP contribution is -2.20. The van der Waals surface area contributed by atoms with Gasteiger partial charge in [-0.25, -0.2) is 9.97 Å². The van der Waals surface area contributed by atoms with Gasteiger partial charge < -0.3 is 10.6 Å². The zero-order valence-corrected chi connectivity index (χ0v) is 10.7. The van der Waals surface area contributed by atoms with Crippen molar-refractivity contribution in [1.29, 1.82) is 0 Å². The molecule has 2 rings (SSSR count). The Bertz CT molecular complexity index is 348. The minimum Gasteiger partial charge on any atom is -0.347 e. The van der Waals surface area contributed by atoms with Crippen molar-refractivity contribution in [2.75, 3.05) is 19.0 Å². The standard InChI is InChI=1S/C11H18N4.ClH/c1-15(2)11-13-9-6-4-3-5-8(9)10(7-12)14-11;/h3-7,12H2,1-2H3;1H. The van der Waals surface area contributed by atoms with Crippen molar-refractivity contribution < 1.29 is 0 Å². The van der Waals surface area contributed by atoms with Gasteiger partial charge in [-0.15, -0.1) is 12.4 Å². The minimum absolute atomic E-state index is 0. The average molecular weight is 243 g/mol. The molecule has 2 N–H and O–H groups in total. The molecule has 0 unspecified atom stereocenters. The topological polar surface area (TPSA) is 55.0 Å². The Kier molecular flexibility index (Phi) is 4.50. The smallest absolute Gasteiger partial charge is 0.225 e. The molecule has 0 bridgehead atoms. The molecule has 5 heteroatoms. The van der Waals surface area contributed by atoms with Crippen molar-refractivity contribution >= 4 is 18.4 Å². The van der Waals surface area contributed by atoms with Gasteiger partial charge >= 0.3 is 0 Å². The van der Waals surface area contributed by atoms with Gasteiger partial charge in [0.05, 0.1) is 5.69 Å². The van der Waals surface area contributed by atoms with Crippen LogP contribution in [0.1, 0.15) is 29.8 Å². The molecule has 0 amide bonds. The Morgan fingerprint density at radius 2 is 1.88 bits per heavy atom. The minimum atomic E-state index is 0.